The second-order valence-electron chi connectivity index (χ2n) is 7.71. The molecule has 0 atom stereocenters. The quantitative estimate of drug-likeness (QED) is 0.527. The van der Waals surface area contributed by atoms with Gasteiger partial charge in [0, 0.05) is 10.9 Å². The Labute approximate surface area is 139 Å². The number of hydrogen-bond acceptors (Lipinski definition) is 1. The van der Waals surface area contributed by atoms with Gasteiger partial charge in [-0.3, -0.25) is 0 Å². The first kappa shape index (κ1) is 15.7. The summed E-state index contributed by atoms with van der Waals surface area (Å²) in [5.41, 5.74) is 8.60. The molecule has 0 aliphatic rings. The van der Waals surface area contributed by atoms with E-state index in [1.807, 2.05) is 0 Å². The SMILES string of the molecule is Cc1cc(C)cc(-c2nc3ccc(C)cc3cc2C(C)(C)C)c1. The van der Waals surface area contributed by atoms with Gasteiger partial charge in [0.25, 0.3) is 0 Å². The van der Waals surface area contributed by atoms with E-state index in [2.05, 4.69) is 84.0 Å². The molecule has 1 nitrogen and oxygen atoms in total. The Hall–Kier alpha value is -2.15. The molecule has 23 heavy (non-hydrogen) atoms. The van der Waals surface area contributed by atoms with Crippen molar-refractivity contribution in [2.24, 2.45) is 0 Å². The van der Waals surface area contributed by atoms with E-state index in [0.717, 1.165) is 11.2 Å². The Morgan fingerprint density at radius 2 is 1.39 bits per heavy atom. The molecule has 0 amide bonds. The third kappa shape index (κ3) is 3.14. The van der Waals surface area contributed by atoms with Gasteiger partial charge in [0.15, 0.2) is 0 Å². The summed E-state index contributed by atoms with van der Waals surface area (Å²) >= 11 is 0. The van der Waals surface area contributed by atoms with Crippen molar-refractivity contribution in [3.05, 3.63) is 64.7 Å². The maximum atomic E-state index is 5.04. The molecule has 0 saturated heterocycles. The van der Waals surface area contributed by atoms with Gasteiger partial charge >= 0.3 is 0 Å². The minimum absolute atomic E-state index is 0.0535. The van der Waals surface area contributed by atoms with Crippen molar-refractivity contribution in [3.8, 4) is 11.3 Å². The average molecular weight is 303 g/mol. The van der Waals surface area contributed by atoms with Crippen LogP contribution in [-0.2, 0) is 5.41 Å². The van der Waals surface area contributed by atoms with Crippen LogP contribution in [0.15, 0.2) is 42.5 Å². The molecular weight excluding hydrogens is 278 g/mol. The van der Waals surface area contributed by atoms with Gasteiger partial charge in [-0.15, -0.1) is 0 Å². The molecule has 0 aliphatic carbocycles. The van der Waals surface area contributed by atoms with Crippen LogP contribution in [-0.4, -0.2) is 4.98 Å². The molecule has 0 saturated carbocycles. The van der Waals surface area contributed by atoms with Crippen LogP contribution in [0.1, 0.15) is 43.0 Å². The molecule has 0 radical (unpaired) electrons. The minimum Gasteiger partial charge on any atom is -0.247 e. The molecule has 3 rings (SSSR count). The number of hydrogen-bond donors (Lipinski definition) is 0. The molecule has 1 heteroatoms. The first-order valence-electron chi connectivity index (χ1n) is 8.24. The van der Waals surface area contributed by atoms with Crippen molar-refractivity contribution in [3.63, 3.8) is 0 Å². The van der Waals surface area contributed by atoms with Crippen molar-refractivity contribution in [1.82, 2.24) is 4.98 Å². The monoisotopic (exact) mass is 303 g/mol. The first-order valence-corrected chi connectivity index (χ1v) is 8.24. The molecule has 3 aromatic rings. The standard InChI is InChI=1S/C22H25N/c1-14-7-8-20-17(10-14)13-19(22(4,5)6)21(23-20)18-11-15(2)9-16(3)12-18/h7-13H,1-6H3. The molecule has 118 valence electrons. The lowest BCUT2D eigenvalue weighted by molar-refractivity contribution is 0.591. The molecule has 0 spiro atoms. The fraction of sp³-hybridized carbons (Fsp3) is 0.318. The Morgan fingerprint density at radius 3 is 2.00 bits per heavy atom. The van der Waals surface area contributed by atoms with E-state index in [4.69, 9.17) is 4.98 Å². The number of pyridine rings is 1. The van der Waals surface area contributed by atoms with Gasteiger partial charge in [-0.2, -0.15) is 0 Å². The van der Waals surface area contributed by atoms with Gasteiger partial charge < -0.3 is 0 Å². The Bertz CT molecular complexity index is 862. The number of rotatable bonds is 1. The molecule has 0 aliphatic heterocycles. The van der Waals surface area contributed by atoms with Crippen molar-refractivity contribution in [2.75, 3.05) is 0 Å². The number of benzene rings is 2. The van der Waals surface area contributed by atoms with Gasteiger partial charge in [0.1, 0.15) is 0 Å². The number of nitrogens with zero attached hydrogens (tertiary/aromatic N) is 1. The highest BCUT2D eigenvalue weighted by Crippen LogP contribution is 2.35. The summed E-state index contributed by atoms with van der Waals surface area (Å²) in [7, 11) is 0. The Balaban J connectivity index is 2.35. The molecule has 1 heterocycles. The first-order chi connectivity index (χ1) is 10.7. The average Bonchev–Trinajstić information content (AvgIpc) is 2.43. The van der Waals surface area contributed by atoms with Gasteiger partial charge in [-0.25, -0.2) is 4.98 Å². The molecule has 0 unspecified atom stereocenters. The molecule has 0 fully saturated rings. The van der Waals surface area contributed by atoms with Crippen LogP contribution < -0.4 is 0 Å². The lowest BCUT2D eigenvalue weighted by atomic mass is 9.83. The second-order valence-corrected chi connectivity index (χ2v) is 7.71. The largest absolute Gasteiger partial charge is 0.247 e. The summed E-state index contributed by atoms with van der Waals surface area (Å²) in [6, 6.07) is 15.5. The summed E-state index contributed by atoms with van der Waals surface area (Å²) in [5, 5.41) is 1.23. The highest BCUT2D eigenvalue weighted by Gasteiger charge is 2.21. The van der Waals surface area contributed by atoms with Crippen molar-refractivity contribution < 1.29 is 0 Å². The van der Waals surface area contributed by atoms with E-state index in [9.17, 15) is 0 Å². The van der Waals surface area contributed by atoms with E-state index in [1.54, 1.807) is 0 Å². The number of aryl methyl sites for hydroxylation is 3. The van der Waals surface area contributed by atoms with Crippen LogP contribution in [0.2, 0.25) is 0 Å². The Kier molecular flexibility index (Phi) is 3.75. The third-order valence-corrected chi connectivity index (χ3v) is 4.27. The van der Waals surface area contributed by atoms with Gasteiger partial charge in [0.05, 0.1) is 11.2 Å². The zero-order valence-corrected chi connectivity index (χ0v) is 15.0. The van der Waals surface area contributed by atoms with Crippen LogP contribution in [0.5, 0.6) is 0 Å². The molecule has 0 N–H and O–H groups in total. The van der Waals surface area contributed by atoms with Crippen LogP contribution in [0.3, 0.4) is 0 Å². The molecule has 1 aromatic heterocycles. The lowest BCUT2D eigenvalue weighted by Gasteiger charge is -2.23. The van der Waals surface area contributed by atoms with E-state index in [0.29, 0.717) is 0 Å². The molecule has 0 bridgehead atoms. The van der Waals surface area contributed by atoms with E-state index in [1.165, 1.54) is 33.2 Å². The van der Waals surface area contributed by atoms with Gasteiger partial charge in [-0.05, 0) is 62.1 Å². The van der Waals surface area contributed by atoms with Gasteiger partial charge in [0.2, 0.25) is 0 Å². The highest BCUT2D eigenvalue weighted by atomic mass is 14.7. The predicted molar refractivity (Wildman–Crippen MR) is 100 cm³/mol. The number of aromatic nitrogens is 1. The smallest absolute Gasteiger partial charge is 0.0747 e. The summed E-state index contributed by atoms with van der Waals surface area (Å²) in [5.74, 6) is 0. The van der Waals surface area contributed by atoms with Crippen LogP contribution >= 0.6 is 0 Å². The molecular formula is C22H25N. The Morgan fingerprint density at radius 1 is 0.739 bits per heavy atom. The van der Waals surface area contributed by atoms with E-state index < -0.39 is 0 Å². The van der Waals surface area contributed by atoms with E-state index in [-0.39, 0.29) is 5.41 Å². The van der Waals surface area contributed by atoms with Crippen LogP contribution in [0, 0.1) is 20.8 Å². The van der Waals surface area contributed by atoms with Crippen molar-refractivity contribution in [1.29, 1.82) is 0 Å². The summed E-state index contributed by atoms with van der Waals surface area (Å²) < 4.78 is 0. The van der Waals surface area contributed by atoms with Crippen LogP contribution in [0.4, 0.5) is 0 Å². The third-order valence-electron chi connectivity index (χ3n) is 4.27. The fourth-order valence-electron chi connectivity index (χ4n) is 3.20. The molecule has 2 aromatic carbocycles. The van der Waals surface area contributed by atoms with Crippen molar-refractivity contribution in [2.45, 2.75) is 47.0 Å². The zero-order valence-electron chi connectivity index (χ0n) is 15.0. The predicted octanol–water partition coefficient (Wildman–Crippen LogP) is 6.12. The topological polar surface area (TPSA) is 12.9 Å². The maximum absolute atomic E-state index is 5.04. The number of fused-ring (bicyclic) bond motifs is 1. The zero-order chi connectivity index (χ0) is 16.8. The highest BCUT2D eigenvalue weighted by molar-refractivity contribution is 5.84. The second kappa shape index (κ2) is 5.49. The van der Waals surface area contributed by atoms with E-state index >= 15 is 0 Å². The summed E-state index contributed by atoms with van der Waals surface area (Å²) in [4.78, 5) is 5.04. The van der Waals surface area contributed by atoms with Gasteiger partial charge in [-0.1, -0.05) is 49.6 Å². The summed E-state index contributed by atoms with van der Waals surface area (Å²) in [6.07, 6.45) is 0. The summed E-state index contributed by atoms with van der Waals surface area (Å²) in [6.45, 7) is 13.2. The minimum atomic E-state index is 0.0535. The lowest BCUT2D eigenvalue weighted by Crippen LogP contribution is -2.14. The fourth-order valence-corrected chi connectivity index (χ4v) is 3.20. The van der Waals surface area contributed by atoms with Crippen LogP contribution in [0.25, 0.3) is 22.2 Å². The normalized spacial score (nSPS) is 11.9. The maximum Gasteiger partial charge on any atom is 0.0747 e. The van der Waals surface area contributed by atoms with Crippen molar-refractivity contribution >= 4 is 10.9 Å².